The Balaban J connectivity index is 1.86. The predicted octanol–water partition coefficient (Wildman–Crippen LogP) is 1.15. The van der Waals surface area contributed by atoms with Gasteiger partial charge in [-0.1, -0.05) is 19.3 Å². The molecule has 1 saturated carbocycles. The van der Waals surface area contributed by atoms with Crippen LogP contribution in [0.5, 0.6) is 0 Å². The molecule has 0 aromatic heterocycles. The van der Waals surface area contributed by atoms with E-state index in [1.165, 1.54) is 51.7 Å². The largest absolute Gasteiger partial charge is 0.318 e. The van der Waals surface area contributed by atoms with Gasteiger partial charge in [0, 0.05) is 38.3 Å². The fraction of sp³-hybridized carbons (Fsp3) is 1.00. The van der Waals surface area contributed by atoms with Gasteiger partial charge in [-0.2, -0.15) is 0 Å². The third kappa shape index (κ3) is 2.96. The molecule has 1 unspecified atom stereocenters. The quantitative estimate of drug-likeness (QED) is 0.777. The van der Waals surface area contributed by atoms with Gasteiger partial charge in [-0.25, -0.2) is 0 Å². The van der Waals surface area contributed by atoms with Crippen LogP contribution in [0, 0.1) is 0 Å². The van der Waals surface area contributed by atoms with Crippen LogP contribution in [0.4, 0.5) is 0 Å². The number of nitrogens with one attached hydrogen (secondary N) is 1. The predicted molar refractivity (Wildman–Crippen MR) is 68.8 cm³/mol. The molecule has 1 heterocycles. The van der Waals surface area contributed by atoms with Crippen LogP contribution in [0.1, 0.15) is 32.1 Å². The molecule has 94 valence electrons. The summed E-state index contributed by atoms with van der Waals surface area (Å²) < 4.78 is 0. The molecule has 1 atom stereocenters. The average molecular weight is 225 g/mol. The molecule has 2 aliphatic rings. The fourth-order valence-corrected chi connectivity index (χ4v) is 3.20. The highest BCUT2D eigenvalue weighted by Crippen LogP contribution is 2.24. The van der Waals surface area contributed by atoms with Gasteiger partial charge in [0.25, 0.3) is 0 Å². The van der Waals surface area contributed by atoms with Gasteiger partial charge in [-0.15, -0.1) is 0 Å². The van der Waals surface area contributed by atoms with Crippen LogP contribution in [0.2, 0.25) is 0 Å². The summed E-state index contributed by atoms with van der Waals surface area (Å²) in [6, 6.07) is 1.60. The molecule has 0 aromatic rings. The average Bonchev–Trinajstić information content (AvgIpc) is 2.33. The molecule has 0 spiro atoms. The number of rotatable bonds is 3. The van der Waals surface area contributed by atoms with Crippen LogP contribution in [0.3, 0.4) is 0 Å². The van der Waals surface area contributed by atoms with Crippen LogP contribution < -0.4 is 5.32 Å². The molecule has 1 saturated heterocycles. The normalized spacial score (nSPS) is 30.8. The van der Waals surface area contributed by atoms with Crippen molar-refractivity contribution in [2.75, 3.05) is 40.3 Å². The number of hydrogen-bond donors (Lipinski definition) is 1. The Morgan fingerprint density at radius 1 is 1.12 bits per heavy atom. The lowest BCUT2D eigenvalue weighted by molar-refractivity contribution is 0.0515. The highest BCUT2D eigenvalue weighted by Gasteiger charge is 2.28. The van der Waals surface area contributed by atoms with Crippen LogP contribution in [-0.2, 0) is 0 Å². The van der Waals surface area contributed by atoms with E-state index in [-0.39, 0.29) is 0 Å². The van der Waals surface area contributed by atoms with Crippen molar-refractivity contribution in [1.82, 2.24) is 15.1 Å². The highest BCUT2D eigenvalue weighted by molar-refractivity contribution is 4.86. The summed E-state index contributed by atoms with van der Waals surface area (Å²) >= 11 is 0. The van der Waals surface area contributed by atoms with Crippen molar-refractivity contribution in [3.05, 3.63) is 0 Å². The van der Waals surface area contributed by atoms with E-state index in [0.29, 0.717) is 6.04 Å². The summed E-state index contributed by atoms with van der Waals surface area (Å²) in [4.78, 5) is 5.26. The van der Waals surface area contributed by atoms with Crippen molar-refractivity contribution in [2.24, 2.45) is 0 Å². The molecule has 16 heavy (non-hydrogen) atoms. The van der Waals surface area contributed by atoms with E-state index >= 15 is 0 Å². The molecule has 1 aliphatic carbocycles. The van der Waals surface area contributed by atoms with Crippen LogP contribution in [0.25, 0.3) is 0 Å². The van der Waals surface area contributed by atoms with Gasteiger partial charge in [0.05, 0.1) is 0 Å². The van der Waals surface area contributed by atoms with Crippen molar-refractivity contribution >= 4 is 0 Å². The minimum absolute atomic E-state index is 0.709. The molecule has 0 radical (unpaired) electrons. The zero-order chi connectivity index (χ0) is 11.4. The van der Waals surface area contributed by atoms with Crippen molar-refractivity contribution in [1.29, 1.82) is 0 Å². The van der Waals surface area contributed by atoms with Gasteiger partial charge in [0.2, 0.25) is 0 Å². The molecular weight excluding hydrogens is 198 g/mol. The van der Waals surface area contributed by atoms with E-state index in [9.17, 15) is 0 Å². The standard InChI is InChI=1S/C13H27N3/c1-14-10-13-11-16(9-8-15(13)2)12-6-4-3-5-7-12/h12-14H,3-11H2,1-2H3. The molecule has 0 bridgehead atoms. The second-order valence-electron chi connectivity index (χ2n) is 5.48. The summed E-state index contributed by atoms with van der Waals surface area (Å²) in [6.45, 7) is 4.91. The lowest BCUT2D eigenvalue weighted by atomic mass is 9.93. The Morgan fingerprint density at radius 3 is 2.56 bits per heavy atom. The smallest absolute Gasteiger partial charge is 0.0345 e. The van der Waals surface area contributed by atoms with Crippen molar-refractivity contribution < 1.29 is 0 Å². The molecule has 1 aliphatic heterocycles. The zero-order valence-corrected chi connectivity index (χ0v) is 10.9. The monoisotopic (exact) mass is 225 g/mol. The molecule has 3 heteroatoms. The van der Waals surface area contributed by atoms with E-state index in [1.807, 2.05) is 0 Å². The topological polar surface area (TPSA) is 18.5 Å². The van der Waals surface area contributed by atoms with Crippen molar-refractivity contribution in [3.8, 4) is 0 Å². The Morgan fingerprint density at radius 2 is 1.88 bits per heavy atom. The van der Waals surface area contributed by atoms with Gasteiger partial charge in [-0.3, -0.25) is 9.80 Å². The maximum atomic E-state index is 3.32. The lowest BCUT2D eigenvalue weighted by Crippen LogP contribution is -2.57. The van der Waals surface area contributed by atoms with Crippen molar-refractivity contribution in [2.45, 2.75) is 44.2 Å². The minimum Gasteiger partial charge on any atom is -0.318 e. The third-order valence-electron chi connectivity index (χ3n) is 4.34. The summed E-state index contributed by atoms with van der Waals surface area (Å²) in [5, 5.41) is 3.32. The first-order chi connectivity index (χ1) is 7.81. The van der Waals surface area contributed by atoms with Gasteiger partial charge >= 0.3 is 0 Å². The first-order valence-electron chi connectivity index (χ1n) is 6.90. The van der Waals surface area contributed by atoms with Gasteiger partial charge < -0.3 is 5.32 Å². The van der Waals surface area contributed by atoms with Gasteiger partial charge in [-0.05, 0) is 26.9 Å². The second-order valence-corrected chi connectivity index (χ2v) is 5.48. The molecule has 0 aromatic carbocycles. The van der Waals surface area contributed by atoms with E-state index in [0.717, 1.165) is 12.6 Å². The Hall–Kier alpha value is -0.120. The first kappa shape index (κ1) is 12.3. The highest BCUT2D eigenvalue weighted by atomic mass is 15.3. The van der Waals surface area contributed by atoms with E-state index in [2.05, 4.69) is 29.2 Å². The molecule has 3 nitrogen and oxygen atoms in total. The summed E-state index contributed by atoms with van der Waals surface area (Å²) in [5.41, 5.74) is 0. The fourth-order valence-electron chi connectivity index (χ4n) is 3.20. The molecule has 1 N–H and O–H groups in total. The number of hydrogen-bond acceptors (Lipinski definition) is 3. The molecule has 2 rings (SSSR count). The summed E-state index contributed by atoms with van der Waals surface area (Å²) in [7, 11) is 4.33. The molecular formula is C13H27N3. The number of nitrogens with zero attached hydrogens (tertiary/aromatic N) is 2. The Kier molecular flexibility index (Phi) is 4.62. The summed E-state index contributed by atoms with van der Waals surface area (Å²) in [5.74, 6) is 0. The first-order valence-corrected chi connectivity index (χ1v) is 6.90. The van der Waals surface area contributed by atoms with Crippen LogP contribution in [-0.4, -0.2) is 62.2 Å². The molecule has 2 fully saturated rings. The SMILES string of the molecule is CNCC1CN(C2CCCCC2)CCN1C. The number of likely N-dealkylation sites (N-methyl/N-ethyl adjacent to an activating group) is 2. The van der Waals surface area contributed by atoms with E-state index in [4.69, 9.17) is 0 Å². The maximum absolute atomic E-state index is 3.32. The second kappa shape index (κ2) is 5.99. The van der Waals surface area contributed by atoms with Gasteiger partial charge in [0.15, 0.2) is 0 Å². The van der Waals surface area contributed by atoms with E-state index in [1.54, 1.807) is 0 Å². The summed E-state index contributed by atoms with van der Waals surface area (Å²) in [6.07, 6.45) is 7.25. The Bertz CT molecular complexity index is 201. The zero-order valence-electron chi connectivity index (χ0n) is 10.9. The lowest BCUT2D eigenvalue weighted by Gasteiger charge is -2.44. The van der Waals surface area contributed by atoms with Gasteiger partial charge in [0.1, 0.15) is 0 Å². The van der Waals surface area contributed by atoms with E-state index < -0.39 is 0 Å². The van der Waals surface area contributed by atoms with Crippen LogP contribution >= 0.6 is 0 Å². The number of piperazine rings is 1. The Labute approximate surface area is 100 Å². The van der Waals surface area contributed by atoms with Crippen molar-refractivity contribution in [3.63, 3.8) is 0 Å². The maximum Gasteiger partial charge on any atom is 0.0345 e. The minimum atomic E-state index is 0.709. The third-order valence-corrected chi connectivity index (χ3v) is 4.34. The molecule has 0 amide bonds. The van der Waals surface area contributed by atoms with Crippen LogP contribution in [0.15, 0.2) is 0 Å².